The number of phenolic OH excluding ortho intramolecular Hbond substituents is 3. The molecule has 1 heterocycles. The SMILES string of the molecule is COc1cccc2c1C(=O)c1c(O)c3c(c(O)c1C2=O)CC(O)(C(C)=O)CC3OC1CC(NC(=O)CCc2ccc(O)c(I)c2)C(O)C(C)O1. The monoisotopic (exact) mass is 801 g/mol. The topological polar surface area (TPSA) is 209 Å². The molecule has 6 rings (SSSR count). The molecule has 1 fully saturated rings. The Kier molecular flexibility index (Phi) is 9.69. The van der Waals surface area contributed by atoms with Crippen LogP contribution in [0.25, 0.3) is 0 Å². The second-order valence-electron chi connectivity index (χ2n) is 12.9. The highest BCUT2D eigenvalue weighted by Gasteiger charge is 2.49. The molecule has 0 aromatic heterocycles. The van der Waals surface area contributed by atoms with Crippen LogP contribution in [0.3, 0.4) is 0 Å². The predicted molar refractivity (Wildman–Crippen MR) is 183 cm³/mol. The van der Waals surface area contributed by atoms with Gasteiger partial charge in [0.25, 0.3) is 0 Å². The number of aryl methyl sites for hydroxylation is 1. The van der Waals surface area contributed by atoms with Gasteiger partial charge in [0.05, 0.1) is 45.6 Å². The van der Waals surface area contributed by atoms with Crippen LogP contribution in [0.1, 0.15) is 87.7 Å². The molecule has 0 bridgehead atoms. The zero-order valence-electron chi connectivity index (χ0n) is 27.4. The molecule has 3 aromatic rings. The largest absolute Gasteiger partial charge is 0.507 e. The summed E-state index contributed by atoms with van der Waals surface area (Å²) in [5, 5.41) is 58.2. The molecule has 6 unspecified atom stereocenters. The summed E-state index contributed by atoms with van der Waals surface area (Å²) in [5.74, 6) is -3.64. The van der Waals surface area contributed by atoms with Gasteiger partial charge >= 0.3 is 0 Å². The van der Waals surface area contributed by atoms with Crippen molar-refractivity contribution in [1.82, 2.24) is 5.32 Å². The summed E-state index contributed by atoms with van der Waals surface area (Å²) in [6.07, 6.45) is -4.94. The molecule has 0 radical (unpaired) electrons. The molecule has 0 saturated carbocycles. The van der Waals surface area contributed by atoms with E-state index in [1.807, 2.05) is 22.6 Å². The molecule has 6 atom stereocenters. The van der Waals surface area contributed by atoms with Gasteiger partial charge in [0.1, 0.15) is 34.7 Å². The molecule has 3 aliphatic rings. The summed E-state index contributed by atoms with van der Waals surface area (Å²) >= 11 is 1.99. The number of carbonyl (C=O) groups is 4. The van der Waals surface area contributed by atoms with Crippen LogP contribution in [0.4, 0.5) is 0 Å². The average molecular weight is 802 g/mol. The lowest BCUT2D eigenvalue weighted by atomic mass is 9.72. The number of aromatic hydroxyl groups is 3. The van der Waals surface area contributed by atoms with Crippen LogP contribution >= 0.6 is 22.6 Å². The lowest BCUT2D eigenvalue weighted by Gasteiger charge is -2.42. The Bertz CT molecular complexity index is 1930. The van der Waals surface area contributed by atoms with E-state index in [2.05, 4.69) is 5.32 Å². The van der Waals surface area contributed by atoms with Gasteiger partial charge < -0.3 is 45.1 Å². The van der Waals surface area contributed by atoms with Gasteiger partial charge in [0.2, 0.25) is 11.7 Å². The first-order valence-corrected chi connectivity index (χ1v) is 17.1. The van der Waals surface area contributed by atoms with E-state index in [1.165, 1.54) is 25.3 Å². The van der Waals surface area contributed by atoms with Crippen LogP contribution in [-0.2, 0) is 31.9 Å². The van der Waals surface area contributed by atoms with E-state index < -0.39 is 89.1 Å². The smallest absolute Gasteiger partial charge is 0.220 e. The number of rotatable bonds is 8. The Hall–Kier alpha value is -4.09. The summed E-state index contributed by atoms with van der Waals surface area (Å²) in [6, 6.07) is 8.60. The molecule has 6 N–H and O–H groups in total. The third-order valence-electron chi connectivity index (χ3n) is 9.75. The van der Waals surface area contributed by atoms with Gasteiger partial charge in [0, 0.05) is 42.4 Å². The lowest BCUT2D eigenvalue weighted by Crippen LogP contribution is -2.55. The summed E-state index contributed by atoms with van der Waals surface area (Å²) in [5.41, 5.74) is -2.55. The van der Waals surface area contributed by atoms with E-state index in [0.29, 0.717) is 9.99 Å². The second kappa shape index (κ2) is 13.6. The van der Waals surface area contributed by atoms with Gasteiger partial charge in [-0.2, -0.15) is 0 Å². The fourth-order valence-electron chi connectivity index (χ4n) is 7.01. The first kappa shape index (κ1) is 35.7. The molecule has 14 heteroatoms. The number of aliphatic hydroxyl groups excluding tert-OH is 1. The predicted octanol–water partition coefficient (Wildman–Crippen LogP) is 3.13. The molecule has 1 aliphatic heterocycles. The van der Waals surface area contributed by atoms with Crippen LogP contribution in [0.5, 0.6) is 23.0 Å². The average Bonchev–Trinajstić information content (AvgIpc) is 3.07. The number of benzene rings is 3. The van der Waals surface area contributed by atoms with E-state index >= 15 is 0 Å². The van der Waals surface area contributed by atoms with Crippen molar-refractivity contribution in [2.24, 2.45) is 0 Å². The summed E-state index contributed by atoms with van der Waals surface area (Å²) < 4.78 is 18.2. The van der Waals surface area contributed by atoms with E-state index in [4.69, 9.17) is 14.2 Å². The van der Waals surface area contributed by atoms with Crippen LogP contribution in [0.15, 0.2) is 36.4 Å². The molecule has 2 aliphatic carbocycles. The molecular formula is C36H36INO12. The molecule has 264 valence electrons. The Morgan fingerprint density at radius 1 is 1.06 bits per heavy atom. The van der Waals surface area contributed by atoms with Crippen molar-refractivity contribution in [3.05, 3.63) is 78.9 Å². The van der Waals surface area contributed by atoms with Crippen molar-refractivity contribution in [1.29, 1.82) is 0 Å². The van der Waals surface area contributed by atoms with Crippen LogP contribution in [0.2, 0.25) is 0 Å². The number of hydrogen-bond donors (Lipinski definition) is 6. The Morgan fingerprint density at radius 3 is 2.46 bits per heavy atom. The van der Waals surface area contributed by atoms with Gasteiger partial charge in [-0.25, -0.2) is 0 Å². The Balaban J connectivity index is 1.31. The van der Waals surface area contributed by atoms with E-state index in [0.717, 1.165) is 12.5 Å². The second-order valence-corrected chi connectivity index (χ2v) is 14.1. The van der Waals surface area contributed by atoms with Gasteiger partial charge in [-0.1, -0.05) is 18.2 Å². The molecule has 3 aromatic carbocycles. The minimum atomic E-state index is -2.09. The zero-order valence-corrected chi connectivity index (χ0v) is 29.5. The lowest BCUT2D eigenvalue weighted by molar-refractivity contribution is -0.249. The van der Waals surface area contributed by atoms with Gasteiger partial charge in [-0.15, -0.1) is 0 Å². The minimum Gasteiger partial charge on any atom is -0.507 e. The van der Waals surface area contributed by atoms with Crippen LogP contribution in [0, 0.1) is 3.57 Å². The maximum absolute atomic E-state index is 13.9. The quantitative estimate of drug-likeness (QED) is 0.112. The summed E-state index contributed by atoms with van der Waals surface area (Å²) in [6.45, 7) is 2.74. The highest BCUT2D eigenvalue weighted by molar-refractivity contribution is 14.1. The highest BCUT2D eigenvalue weighted by Crippen LogP contribution is 2.52. The van der Waals surface area contributed by atoms with Crippen molar-refractivity contribution < 1.29 is 58.9 Å². The van der Waals surface area contributed by atoms with Gasteiger partial charge in [0.15, 0.2) is 17.9 Å². The number of nitrogens with one attached hydrogen (secondary N) is 1. The van der Waals surface area contributed by atoms with Gasteiger partial charge in [-0.3, -0.25) is 19.2 Å². The summed E-state index contributed by atoms with van der Waals surface area (Å²) in [4.78, 5) is 53.3. The van der Waals surface area contributed by atoms with Crippen molar-refractivity contribution >= 4 is 45.8 Å². The molecule has 13 nitrogen and oxygen atoms in total. The Morgan fingerprint density at radius 2 is 1.78 bits per heavy atom. The van der Waals surface area contributed by atoms with Crippen molar-refractivity contribution in [3.8, 4) is 23.0 Å². The maximum atomic E-state index is 13.9. The minimum absolute atomic E-state index is 0.0454. The number of ketones is 3. The van der Waals surface area contributed by atoms with Crippen molar-refractivity contribution in [2.45, 2.75) is 82.2 Å². The standard InChI is InChI=1S/C36H36INO12/c1-15-31(42)21(38-25(41)10-8-17-7-9-22(40)20(37)11-17)12-26(49-15)50-24-14-36(47,16(2)39)13-19-28(24)35(46)30-29(33(19)44)32(43)18-5-4-6-23(48-3)27(18)34(30)45/h4-7,9,11,15,21,24,26,31,40,42,44,46-47H,8,10,12-14H2,1-3H3,(H,38,41). The number of amides is 1. The van der Waals surface area contributed by atoms with Crippen LogP contribution in [-0.4, -0.2) is 86.0 Å². The molecule has 0 spiro atoms. The molecule has 50 heavy (non-hydrogen) atoms. The Labute approximate surface area is 300 Å². The first-order chi connectivity index (χ1) is 23.6. The highest BCUT2D eigenvalue weighted by atomic mass is 127. The normalized spacial score (nSPS) is 25.7. The number of hydrogen-bond acceptors (Lipinski definition) is 12. The van der Waals surface area contributed by atoms with Crippen molar-refractivity contribution in [2.75, 3.05) is 7.11 Å². The molecule has 1 amide bonds. The number of carbonyl (C=O) groups excluding carboxylic acids is 4. The number of phenols is 3. The number of ether oxygens (including phenoxy) is 3. The van der Waals surface area contributed by atoms with Crippen molar-refractivity contribution in [3.63, 3.8) is 0 Å². The third kappa shape index (κ3) is 6.23. The van der Waals surface area contributed by atoms with E-state index in [-0.39, 0.29) is 52.5 Å². The number of Topliss-reactive ketones (excluding diaryl/α,β-unsaturated/α-hetero) is 1. The van der Waals surface area contributed by atoms with E-state index in [9.17, 15) is 44.7 Å². The fraction of sp³-hybridized carbons (Fsp3) is 0.389. The third-order valence-corrected chi connectivity index (χ3v) is 10.6. The zero-order chi connectivity index (χ0) is 36.2. The fourth-order valence-corrected chi connectivity index (χ4v) is 7.59. The maximum Gasteiger partial charge on any atom is 0.220 e. The number of methoxy groups -OCH3 is 1. The molecular weight excluding hydrogens is 765 g/mol. The number of fused-ring (bicyclic) bond motifs is 3. The number of halogens is 1. The summed E-state index contributed by atoms with van der Waals surface area (Å²) in [7, 11) is 1.33. The van der Waals surface area contributed by atoms with E-state index in [1.54, 1.807) is 25.1 Å². The van der Waals surface area contributed by atoms with Crippen LogP contribution < -0.4 is 10.1 Å². The number of aliphatic hydroxyl groups is 2. The molecule has 1 saturated heterocycles. The first-order valence-electron chi connectivity index (χ1n) is 16.0. The van der Waals surface area contributed by atoms with Gasteiger partial charge in [-0.05, 0) is 66.6 Å².